The first-order valence-corrected chi connectivity index (χ1v) is 6.76. The van der Waals surface area contributed by atoms with E-state index in [1.54, 1.807) is 7.11 Å². The highest BCUT2D eigenvalue weighted by Crippen LogP contribution is 2.22. The van der Waals surface area contributed by atoms with E-state index in [0.29, 0.717) is 6.04 Å². The van der Waals surface area contributed by atoms with Crippen LogP contribution in [0.25, 0.3) is 0 Å². The van der Waals surface area contributed by atoms with Crippen LogP contribution in [0.3, 0.4) is 0 Å². The zero-order valence-electron chi connectivity index (χ0n) is 10.7. The fourth-order valence-corrected chi connectivity index (χ4v) is 2.63. The number of methoxy groups -OCH3 is 1. The maximum absolute atomic E-state index is 5.24. The average Bonchev–Trinajstić information content (AvgIpc) is 3.11. The molecular formula is C13H26N2O. The van der Waals surface area contributed by atoms with Crippen molar-refractivity contribution in [1.29, 1.82) is 0 Å². The molecule has 1 heterocycles. The first kappa shape index (κ1) is 12.3. The summed E-state index contributed by atoms with van der Waals surface area (Å²) < 4.78 is 5.24. The molecule has 0 aromatic heterocycles. The standard InChI is InChI=1S/C13H26N2O/c1-11(10-16-2)15-7-3-4-12(9-15)8-14-13-5-6-13/h11-14H,3-10H2,1-2H3. The van der Waals surface area contributed by atoms with Gasteiger partial charge in [0.15, 0.2) is 0 Å². The number of nitrogens with one attached hydrogen (secondary N) is 1. The Kier molecular flexibility index (Phi) is 4.62. The first-order valence-electron chi connectivity index (χ1n) is 6.76. The predicted molar refractivity (Wildman–Crippen MR) is 66.7 cm³/mol. The number of hydrogen-bond donors (Lipinski definition) is 1. The van der Waals surface area contributed by atoms with E-state index < -0.39 is 0 Å². The van der Waals surface area contributed by atoms with Crippen molar-refractivity contribution in [2.45, 2.75) is 44.7 Å². The highest BCUT2D eigenvalue weighted by molar-refractivity contribution is 4.84. The van der Waals surface area contributed by atoms with Crippen LogP contribution in [0.2, 0.25) is 0 Å². The van der Waals surface area contributed by atoms with Crippen molar-refractivity contribution in [1.82, 2.24) is 10.2 Å². The molecule has 94 valence electrons. The molecule has 2 fully saturated rings. The quantitative estimate of drug-likeness (QED) is 0.742. The largest absolute Gasteiger partial charge is 0.383 e. The molecule has 2 rings (SSSR count). The third-order valence-corrected chi connectivity index (χ3v) is 3.85. The molecule has 1 aliphatic heterocycles. The molecule has 1 saturated carbocycles. The number of rotatable bonds is 6. The van der Waals surface area contributed by atoms with Crippen molar-refractivity contribution in [3.05, 3.63) is 0 Å². The molecule has 1 aliphatic carbocycles. The summed E-state index contributed by atoms with van der Waals surface area (Å²) in [6.07, 6.45) is 5.55. The molecule has 3 heteroatoms. The third kappa shape index (κ3) is 3.72. The minimum atomic E-state index is 0.578. The summed E-state index contributed by atoms with van der Waals surface area (Å²) in [7, 11) is 1.80. The van der Waals surface area contributed by atoms with Crippen LogP contribution < -0.4 is 5.32 Å². The van der Waals surface area contributed by atoms with Crippen LogP contribution >= 0.6 is 0 Å². The molecule has 2 aliphatic rings. The Morgan fingerprint density at radius 1 is 1.38 bits per heavy atom. The van der Waals surface area contributed by atoms with Crippen molar-refractivity contribution in [3.63, 3.8) is 0 Å². The van der Waals surface area contributed by atoms with Gasteiger partial charge in [-0.25, -0.2) is 0 Å². The number of nitrogens with zero attached hydrogens (tertiary/aromatic N) is 1. The zero-order valence-corrected chi connectivity index (χ0v) is 10.7. The number of piperidine rings is 1. The van der Waals surface area contributed by atoms with E-state index in [1.807, 2.05) is 0 Å². The second-order valence-electron chi connectivity index (χ2n) is 5.49. The Bertz CT molecular complexity index is 206. The highest BCUT2D eigenvalue weighted by Gasteiger charge is 2.26. The van der Waals surface area contributed by atoms with Crippen LogP contribution in [0.5, 0.6) is 0 Å². The Morgan fingerprint density at radius 2 is 2.19 bits per heavy atom. The van der Waals surface area contributed by atoms with Crippen LogP contribution in [0.15, 0.2) is 0 Å². The van der Waals surface area contributed by atoms with Gasteiger partial charge >= 0.3 is 0 Å². The van der Waals surface area contributed by atoms with Crippen molar-refractivity contribution < 1.29 is 4.74 Å². The molecule has 0 amide bonds. The number of likely N-dealkylation sites (tertiary alicyclic amines) is 1. The highest BCUT2D eigenvalue weighted by atomic mass is 16.5. The smallest absolute Gasteiger partial charge is 0.0615 e. The predicted octanol–water partition coefficient (Wildman–Crippen LogP) is 1.49. The Hall–Kier alpha value is -0.120. The molecule has 1 N–H and O–H groups in total. The van der Waals surface area contributed by atoms with E-state index in [1.165, 1.54) is 45.3 Å². The topological polar surface area (TPSA) is 24.5 Å². The summed E-state index contributed by atoms with van der Waals surface area (Å²) in [6.45, 7) is 6.87. The fraction of sp³-hybridized carbons (Fsp3) is 1.00. The molecule has 16 heavy (non-hydrogen) atoms. The summed E-state index contributed by atoms with van der Waals surface area (Å²) in [6, 6.07) is 1.43. The maximum Gasteiger partial charge on any atom is 0.0615 e. The summed E-state index contributed by atoms with van der Waals surface area (Å²) in [5.74, 6) is 0.855. The van der Waals surface area contributed by atoms with Gasteiger partial charge in [0.05, 0.1) is 6.61 Å². The van der Waals surface area contributed by atoms with Gasteiger partial charge < -0.3 is 10.1 Å². The van der Waals surface area contributed by atoms with E-state index in [4.69, 9.17) is 4.74 Å². The monoisotopic (exact) mass is 226 g/mol. The van der Waals surface area contributed by atoms with Crippen LogP contribution in [-0.2, 0) is 4.74 Å². The number of hydrogen-bond acceptors (Lipinski definition) is 3. The molecule has 2 unspecified atom stereocenters. The molecule has 3 nitrogen and oxygen atoms in total. The van der Waals surface area contributed by atoms with Crippen LogP contribution in [0.1, 0.15) is 32.6 Å². The van der Waals surface area contributed by atoms with Gasteiger partial charge in [-0.05, 0) is 51.6 Å². The lowest BCUT2D eigenvalue weighted by atomic mass is 9.97. The van der Waals surface area contributed by atoms with E-state index in [9.17, 15) is 0 Å². The van der Waals surface area contributed by atoms with Crippen LogP contribution in [0, 0.1) is 5.92 Å². The molecule has 1 saturated heterocycles. The zero-order chi connectivity index (χ0) is 11.4. The molecule has 0 bridgehead atoms. The summed E-state index contributed by atoms with van der Waals surface area (Å²) >= 11 is 0. The van der Waals surface area contributed by atoms with E-state index >= 15 is 0 Å². The van der Waals surface area contributed by atoms with Gasteiger partial charge in [-0.2, -0.15) is 0 Å². The van der Waals surface area contributed by atoms with E-state index in [0.717, 1.165) is 18.6 Å². The summed E-state index contributed by atoms with van der Waals surface area (Å²) in [5, 5.41) is 3.66. The molecular weight excluding hydrogens is 200 g/mol. The lowest BCUT2D eigenvalue weighted by Crippen LogP contribution is -2.45. The fourth-order valence-electron chi connectivity index (χ4n) is 2.63. The Labute approximate surface area is 99.5 Å². The third-order valence-electron chi connectivity index (χ3n) is 3.85. The number of ether oxygens (including phenoxy) is 1. The normalized spacial score (nSPS) is 29.2. The van der Waals surface area contributed by atoms with E-state index in [-0.39, 0.29) is 0 Å². The van der Waals surface area contributed by atoms with Crippen LogP contribution in [0.4, 0.5) is 0 Å². The molecule has 0 spiro atoms. The summed E-state index contributed by atoms with van der Waals surface area (Å²) in [4.78, 5) is 2.59. The van der Waals surface area contributed by atoms with Gasteiger partial charge in [0.1, 0.15) is 0 Å². The molecule has 2 atom stereocenters. The van der Waals surface area contributed by atoms with Gasteiger partial charge in [-0.1, -0.05) is 0 Å². The lowest BCUT2D eigenvalue weighted by molar-refractivity contribution is 0.0679. The summed E-state index contributed by atoms with van der Waals surface area (Å²) in [5.41, 5.74) is 0. The van der Waals surface area contributed by atoms with Crippen molar-refractivity contribution in [3.8, 4) is 0 Å². The van der Waals surface area contributed by atoms with Crippen molar-refractivity contribution in [2.24, 2.45) is 5.92 Å². The second-order valence-corrected chi connectivity index (χ2v) is 5.49. The molecule has 0 aromatic carbocycles. The Morgan fingerprint density at radius 3 is 2.88 bits per heavy atom. The van der Waals surface area contributed by atoms with Crippen molar-refractivity contribution in [2.75, 3.05) is 33.4 Å². The minimum absolute atomic E-state index is 0.578. The van der Waals surface area contributed by atoms with Gasteiger partial charge in [0.25, 0.3) is 0 Å². The van der Waals surface area contributed by atoms with Crippen molar-refractivity contribution >= 4 is 0 Å². The van der Waals surface area contributed by atoms with E-state index in [2.05, 4.69) is 17.1 Å². The van der Waals surface area contributed by atoms with Gasteiger partial charge in [0.2, 0.25) is 0 Å². The first-order chi connectivity index (χ1) is 7.79. The SMILES string of the molecule is COCC(C)N1CCCC(CNC2CC2)C1. The van der Waals surface area contributed by atoms with Crippen LogP contribution in [-0.4, -0.2) is 50.3 Å². The average molecular weight is 226 g/mol. The second kappa shape index (κ2) is 5.99. The lowest BCUT2D eigenvalue weighted by Gasteiger charge is -2.36. The van der Waals surface area contributed by atoms with Gasteiger partial charge in [0, 0.05) is 25.7 Å². The van der Waals surface area contributed by atoms with Gasteiger partial charge in [-0.15, -0.1) is 0 Å². The minimum Gasteiger partial charge on any atom is -0.383 e. The Balaban J connectivity index is 1.69. The molecule has 0 aromatic rings. The maximum atomic E-state index is 5.24. The molecule has 0 radical (unpaired) electrons. The van der Waals surface area contributed by atoms with Gasteiger partial charge in [-0.3, -0.25) is 4.90 Å².